The molecule has 0 aliphatic heterocycles. The highest BCUT2D eigenvalue weighted by atomic mass is 19.1. The van der Waals surface area contributed by atoms with Crippen LogP contribution in [0.1, 0.15) is 23.6 Å². The summed E-state index contributed by atoms with van der Waals surface area (Å²) >= 11 is 0. The molecule has 2 rings (SSSR count). The van der Waals surface area contributed by atoms with Crippen molar-refractivity contribution < 1.29 is 14.2 Å². The molecule has 1 atom stereocenters. The van der Waals surface area contributed by atoms with Crippen LogP contribution in [0.4, 0.5) is 4.39 Å². The predicted molar refractivity (Wildman–Crippen MR) is 72.8 cm³/mol. The summed E-state index contributed by atoms with van der Waals surface area (Å²) in [7, 11) is 1.41. The third kappa shape index (κ3) is 2.47. The van der Waals surface area contributed by atoms with Crippen molar-refractivity contribution in [3.05, 3.63) is 65.0 Å². The molecule has 0 amide bonds. The molecule has 0 fully saturated rings. The SMILES string of the molecule is COc1cccc(C(C)(O)c2ccc(C)cc2)c1F. The van der Waals surface area contributed by atoms with Gasteiger partial charge in [-0.15, -0.1) is 0 Å². The second kappa shape index (κ2) is 5.02. The standard InChI is InChI=1S/C16H17FO2/c1-11-7-9-12(10-8-11)16(2,18)13-5-4-6-14(19-3)15(13)17/h4-10,18H,1-3H3. The van der Waals surface area contributed by atoms with Crippen LogP contribution in [-0.4, -0.2) is 12.2 Å². The normalized spacial score (nSPS) is 13.9. The number of methoxy groups -OCH3 is 1. The van der Waals surface area contributed by atoms with Gasteiger partial charge in [0.15, 0.2) is 11.6 Å². The Bertz CT molecular complexity index is 574. The average molecular weight is 260 g/mol. The van der Waals surface area contributed by atoms with Crippen molar-refractivity contribution >= 4 is 0 Å². The van der Waals surface area contributed by atoms with Gasteiger partial charge < -0.3 is 9.84 Å². The van der Waals surface area contributed by atoms with Crippen molar-refractivity contribution in [2.45, 2.75) is 19.4 Å². The molecule has 0 spiro atoms. The fraction of sp³-hybridized carbons (Fsp3) is 0.250. The van der Waals surface area contributed by atoms with Crippen LogP contribution in [0.15, 0.2) is 42.5 Å². The number of ether oxygens (including phenoxy) is 1. The maximum absolute atomic E-state index is 14.2. The Kier molecular flexibility index (Phi) is 3.58. The van der Waals surface area contributed by atoms with E-state index < -0.39 is 11.4 Å². The molecule has 2 nitrogen and oxygen atoms in total. The number of benzene rings is 2. The highest BCUT2D eigenvalue weighted by Crippen LogP contribution is 2.34. The molecule has 1 unspecified atom stereocenters. The van der Waals surface area contributed by atoms with Crippen LogP contribution in [0.25, 0.3) is 0 Å². The van der Waals surface area contributed by atoms with Gasteiger partial charge in [-0.25, -0.2) is 4.39 Å². The largest absolute Gasteiger partial charge is 0.494 e. The van der Waals surface area contributed by atoms with Gasteiger partial charge in [0, 0.05) is 5.56 Å². The number of hydrogen-bond donors (Lipinski definition) is 1. The molecule has 0 aliphatic rings. The minimum Gasteiger partial charge on any atom is -0.494 e. The fourth-order valence-corrected chi connectivity index (χ4v) is 2.08. The van der Waals surface area contributed by atoms with Crippen molar-refractivity contribution in [3.8, 4) is 5.75 Å². The first-order valence-corrected chi connectivity index (χ1v) is 6.09. The van der Waals surface area contributed by atoms with E-state index in [2.05, 4.69) is 0 Å². The first-order valence-electron chi connectivity index (χ1n) is 6.09. The van der Waals surface area contributed by atoms with E-state index >= 15 is 0 Å². The minimum atomic E-state index is -1.40. The molecule has 0 aliphatic carbocycles. The lowest BCUT2D eigenvalue weighted by atomic mass is 9.87. The molecule has 3 heteroatoms. The summed E-state index contributed by atoms with van der Waals surface area (Å²) in [6.07, 6.45) is 0. The van der Waals surface area contributed by atoms with Gasteiger partial charge in [0.05, 0.1) is 7.11 Å². The van der Waals surface area contributed by atoms with E-state index in [1.54, 1.807) is 31.2 Å². The molecule has 1 N–H and O–H groups in total. The van der Waals surface area contributed by atoms with Gasteiger partial charge in [0.1, 0.15) is 5.60 Å². The van der Waals surface area contributed by atoms with Crippen LogP contribution in [0.2, 0.25) is 0 Å². The van der Waals surface area contributed by atoms with E-state index in [1.807, 2.05) is 19.1 Å². The van der Waals surface area contributed by atoms with Crippen molar-refractivity contribution in [3.63, 3.8) is 0 Å². The maximum Gasteiger partial charge on any atom is 0.171 e. The number of rotatable bonds is 3. The average Bonchev–Trinajstić information content (AvgIpc) is 2.39. The molecule has 0 heterocycles. The van der Waals surface area contributed by atoms with Gasteiger partial charge in [-0.1, -0.05) is 42.0 Å². The van der Waals surface area contributed by atoms with Gasteiger partial charge in [-0.3, -0.25) is 0 Å². The van der Waals surface area contributed by atoms with Crippen LogP contribution < -0.4 is 4.74 Å². The third-order valence-electron chi connectivity index (χ3n) is 3.32. The molecule has 2 aromatic rings. The van der Waals surface area contributed by atoms with E-state index in [-0.39, 0.29) is 11.3 Å². The predicted octanol–water partition coefficient (Wildman–Crippen LogP) is 3.40. The zero-order valence-electron chi connectivity index (χ0n) is 11.3. The Morgan fingerprint density at radius 1 is 1.11 bits per heavy atom. The Labute approximate surface area is 112 Å². The molecule has 0 saturated carbocycles. The van der Waals surface area contributed by atoms with E-state index in [1.165, 1.54) is 13.2 Å². The molecule has 0 aromatic heterocycles. The van der Waals surface area contributed by atoms with Gasteiger partial charge >= 0.3 is 0 Å². The monoisotopic (exact) mass is 260 g/mol. The number of hydrogen-bond acceptors (Lipinski definition) is 2. The summed E-state index contributed by atoms with van der Waals surface area (Å²) < 4.78 is 19.2. The summed E-state index contributed by atoms with van der Waals surface area (Å²) in [5.74, 6) is -0.402. The Morgan fingerprint density at radius 3 is 2.32 bits per heavy atom. The fourth-order valence-electron chi connectivity index (χ4n) is 2.08. The lowest BCUT2D eigenvalue weighted by Crippen LogP contribution is -2.24. The Hall–Kier alpha value is -1.87. The maximum atomic E-state index is 14.2. The molecule has 19 heavy (non-hydrogen) atoms. The third-order valence-corrected chi connectivity index (χ3v) is 3.32. The zero-order valence-corrected chi connectivity index (χ0v) is 11.3. The lowest BCUT2D eigenvalue weighted by molar-refractivity contribution is 0.0972. The summed E-state index contributed by atoms with van der Waals surface area (Å²) in [6.45, 7) is 3.54. The minimum absolute atomic E-state index is 0.130. The number of aliphatic hydroxyl groups is 1. The van der Waals surface area contributed by atoms with Crippen LogP contribution >= 0.6 is 0 Å². The Morgan fingerprint density at radius 2 is 1.74 bits per heavy atom. The van der Waals surface area contributed by atoms with Gasteiger partial charge in [-0.05, 0) is 25.5 Å². The second-order valence-corrected chi connectivity index (χ2v) is 4.76. The van der Waals surface area contributed by atoms with Crippen LogP contribution in [0.3, 0.4) is 0 Å². The topological polar surface area (TPSA) is 29.5 Å². The molecule has 0 saturated heterocycles. The highest BCUT2D eigenvalue weighted by Gasteiger charge is 2.30. The van der Waals surface area contributed by atoms with Crippen LogP contribution in [0.5, 0.6) is 5.75 Å². The van der Waals surface area contributed by atoms with E-state index in [4.69, 9.17) is 4.74 Å². The molecule has 0 radical (unpaired) electrons. The van der Waals surface area contributed by atoms with Gasteiger partial charge in [0.2, 0.25) is 0 Å². The Balaban J connectivity index is 2.53. The van der Waals surface area contributed by atoms with Crippen molar-refractivity contribution in [1.29, 1.82) is 0 Å². The summed E-state index contributed by atoms with van der Waals surface area (Å²) in [4.78, 5) is 0. The molecular weight excluding hydrogens is 243 g/mol. The molecule has 0 bridgehead atoms. The van der Waals surface area contributed by atoms with Crippen molar-refractivity contribution in [1.82, 2.24) is 0 Å². The smallest absolute Gasteiger partial charge is 0.171 e. The number of halogens is 1. The number of aryl methyl sites for hydroxylation is 1. The van der Waals surface area contributed by atoms with Gasteiger partial charge in [-0.2, -0.15) is 0 Å². The lowest BCUT2D eigenvalue weighted by Gasteiger charge is -2.25. The molecule has 100 valence electrons. The first-order chi connectivity index (χ1) is 8.96. The highest BCUT2D eigenvalue weighted by molar-refractivity contribution is 5.41. The van der Waals surface area contributed by atoms with Crippen LogP contribution in [-0.2, 0) is 5.60 Å². The van der Waals surface area contributed by atoms with E-state index in [0.717, 1.165) is 5.56 Å². The second-order valence-electron chi connectivity index (χ2n) is 4.76. The van der Waals surface area contributed by atoms with Crippen molar-refractivity contribution in [2.75, 3.05) is 7.11 Å². The zero-order chi connectivity index (χ0) is 14.0. The van der Waals surface area contributed by atoms with Gasteiger partial charge in [0.25, 0.3) is 0 Å². The van der Waals surface area contributed by atoms with Crippen LogP contribution in [0, 0.1) is 12.7 Å². The molecular formula is C16H17FO2. The summed E-state index contributed by atoms with van der Waals surface area (Å²) in [5, 5.41) is 10.7. The summed E-state index contributed by atoms with van der Waals surface area (Å²) in [6, 6.07) is 12.1. The first kappa shape index (κ1) is 13.6. The van der Waals surface area contributed by atoms with E-state index in [9.17, 15) is 9.50 Å². The van der Waals surface area contributed by atoms with E-state index in [0.29, 0.717) is 5.56 Å². The summed E-state index contributed by atoms with van der Waals surface area (Å²) in [5.41, 5.74) is 0.540. The molecule has 2 aromatic carbocycles. The quantitative estimate of drug-likeness (QED) is 0.916. The van der Waals surface area contributed by atoms with Crippen molar-refractivity contribution in [2.24, 2.45) is 0 Å².